The molecule has 0 radical (unpaired) electrons. The van der Waals surface area contributed by atoms with E-state index in [2.05, 4.69) is 47.8 Å². The van der Waals surface area contributed by atoms with E-state index < -0.39 is 0 Å². The minimum atomic E-state index is -0.0586. The van der Waals surface area contributed by atoms with Crippen molar-refractivity contribution in [3.05, 3.63) is 90.5 Å². The van der Waals surface area contributed by atoms with Gasteiger partial charge in [-0.05, 0) is 62.1 Å². The van der Waals surface area contributed by atoms with E-state index in [1.54, 1.807) is 6.07 Å². The number of aromatic nitrogens is 1. The van der Waals surface area contributed by atoms with E-state index in [9.17, 15) is 4.79 Å². The summed E-state index contributed by atoms with van der Waals surface area (Å²) in [5, 5.41) is 8.00. The first-order valence-corrected chi connectivity index (χ1v) is 12.5. The van der Waals surface area contributed by atoms with Gasteiger partial charge in [-0.1, -0.05) is 42.5 Å². The molecule has 1 aromatic heterocycles. The fourth-order valence-corrected chi connectivity index (χ4v) is 4.79. The first kappa shape index (κ1) is 23.7. The van der Waals surface area contributed by atoms with E-state index in [1.807, 2.05) is 60.7 Å². The molecule has 0 aliphatic heterocycles. The van der Waals surface area contributed by atoms with Gasteiger partial charge in [-0.25, -0.2) is 4.98 Å². The maximum absolute atomic E-state index is 12.9. The van der Waals surface area contributed by atoms with Crippen molar-refractivity contribution < 1.29 is 9.53 Å². The average Bonchev–Trinajstić information content (AvgIpc) is 2.90. The van der Waals surface area contributed by atoms with E-state index in [4.69, 9.17) is 9.72 Å². The number of para-hydroxylation sites is 2. The maximum atomic E-state index is 12.9. The van der Waals surface area contributed by atoms with Gasteiger partial charge in [-0.15, -0.1) is 0 Å². The SMILES string of the molecule is CN(C)c1cc(N[C@H]2CC[C@@H](NC(=O)c3cccc(Oc4ccccc4)c3)CC2)nc2ccccc12. The number of carbonyl (C=O) groups is 1. The van der Waals surface area contributed by atoms with Crippen molar-refractivity contribution in [1.29, 1.82) is 0 Å². The first-order chi connectivity index (χ1) is 17.5. The molecule has 1 aliphatic rings. The standard InChI is InChI=1S/C30H32N4O2/c1-34(2)28-20-29(33-27-14-7-6-13-26(27)28)31-22-15-17-23(18-16-22)32-30(35)21-9-8-12-25(19-21)36-24-10-4-3-5-11-24/h3-14,19-20,22-23H,15-18H2,1-2H3,(H,31,33)(H,32,35)/t22-,23+. The zero-order valence-electron chi connectivity index (χ0n) is 20.8. The summed E-state index contributed by atoms with van der Waals surface area (Å²) in [5.74, 6) is 2.25. The Morgan fingerprint density at radius 1 is 0.833 bits per heavy atom. The van der Waals surface area contributed by atoms with Gasteiger partial charge in [0.1, 0.15) is 17.3 Å². The van der Waals surface area contributed by atoms with Crippen molar-refractivity contribution in [2.45, 2.75) is 37.8 Å². The number of carbonyl (C=O) groups excluding carboxylic acids is 1. The van der Waals surface area contributed by atoms with Crippen LogP contribution in [-0.2, 0) is 0 Å². The predicted molar refractivity (Wildman–Crippen MR) is 146 cm³/mol. The molecule has 5 rings (SSSR count). The lowest BCUT2D eigenvalue weighted by Gasteiger charge is -2.30. The van der Waals surface area contributed by atoms with Crippen LogP contribution in [0.2, 0.25) is 0 Å². The molecule has 2 N–H and O–H groups in total. The van der Waals surface area contributed by atoms with Gasteiger partial charge >= 0.3 is 0 Å². The minimum absolute atomic E-state index is 0.0586. The van der Waals surface area contributed by atoms with Crippen molar-refractivity contribution in [2.24, 2.45) is 0 Å². The Morgan fingerprint density at radius 2 is 1.53 bits per heavy atom. The number of hydrogen-bond acceptors (Lipinski definition) is 5. The highest BCUT2D eigenvalue weighted by Gasteiger charge is 2.23. The van der Waals surface area contributed by atoms with E-state index >= 15 is 0 Å². The highest BCUT2D eigenvalue weighted by atomic mass is 16.5. The number of amides is 1. The van der Waals surface area contributed by atoms with Crippen LogP contribution in [-0.4, -0.2) is 37.1 Å². The topological polar surface area (TPSA) is 66.5 Å². The molecule has 0 unspecified atom stereocenters. The minimum Gasteiger partial charge on any atom is -0.457 e. The monoisotopic (exact) mass is 480 g/mol. The number of hydrogen-bond donors (Lipinski definition) is 2. The molecule has 4 aromatic rings. The normalized spacial score (nSPS) is 17.4. The van der Waals surface area contributed by atoms with Crippen LogP contribution < -0.4 is 20.3 Å². The molecule has 36 heavy (non-hydrogen) atoms. The number of nitrogens with zero attached hydrogens (tertiary/aromatic N) is 2. The fourth-order valence-electron chi connectivity index (χ4n) is 4.79. The Morgan fingerprint density at radius 3 is 2.31 bits per heavy atom. The maximum Gasteiger partial charge on any atom is 0.251 e. The van der Waals surface area contributed by atoms with Crippen LogP contribution in [0.5, 0.6) is 11.5 Å². The van der Waals surface area contributed by atoms with Gasteiger partial charge in [0.2, 0.25) is 0 Å². The molecule has 1 amide bonds. The lowest BCUT2D eigenvalue weighted by atomic mass is 9.91. The van der Waals surface area contributed by atoms with Crippen LogP contribution >= 0.6 is 0 Å². The molecule has 0 spiro atoms. The molecular weight excluding hydrogens is 448 g/mol. The fraction of sp³-hybridized carbons (Fsp3) is 0.267. The summed E-state index contributed by atoms with van der Waals surface area (Å²) in [6.07, 6.45) is 3.82. The molecule has 0 atom stereocenters. The van der Waals surface area contributed by atoms with E-state index in [0.717, 1.165) is 53.8 Å². The second kappa shape index (κ2) is 10.7. The van der Waals surface area contributed by atoms with Crippen LogP contribution in [0.15, 0.2) is 84.9 Å². The van der Waals surface area contributed by atoms with Crippen LogP contribution in [0.1, 0.15) is 36.0 Å². The third kappa shape index (κ3) is 5.60. The summed E-state index contributed by atoms with van der Waals surface area (Å²) >= 11 is 0. The zero-order chi connectivity index (χ0) is 24.9. The van der Waals surface area contributed by atoms with Crippen LogP contribution in [0.25, 0.3) is 10.9 Å². The number of benzene rings is 3. The second-order valence-electron chi connectivity index (χ2n) is 9.55. The lowest BCUT2D eigenvalue weighted by molar-refractivity contribution is 0.0926. The molecule has 184 valence electrons. The summed E-state index contributed by atoms with van der Waals surface area (Å²) < 4.78 is 5.88. The van der Waals surface area contributed by atoms with Crippen LogP contribution in [0, 0.1) is 0 Å². The molecule has 1 heterocycles. The van der Waals surface area contributed by atoms with E-state index in [-0.39, 0.29) is 11.9 Å². The summed E-state index contributed by atoms with van der Waals surface area (Å²) in [4.78, 5) is 19.9. The predicted octanol–water partition coefficient (Wildman–Crippen LogP) is 6.25. The van der Waals surface area contributed by atoms with E-state index in [0.29, 0.717) is 17.4 Å². The third-order valence-electron chi connectivity index (χ3n) is 6.67. The second-order valence-corrected chi connectivity index (χ2v) is 9.55. The Hall–Kier alpha value is -4.06. The molecule has 1 fully saturated rings. The Bertz CT molecular complexity index is 1330. The van der Waals surface area contributed by atoms with Crippen LogP contribution in [0.3, 0.4) is 0 Å². The van der Waals surface area contributed by atoms with Gasteiger partial charge in [0.05, 0.1) is 5.52 Å². The van der Waals surface area contributed by atoms with Gasteiger partial charge in [0.15, 0.2) is 0 Å². The van der Waals surface area contributed by atoms with Crippen molar-refractivity contribution in [3.63, 3.8) is 0 Å². The molecule has 6 nitrogen and oxygen atoms in total. The number of pyridine rings is 1. The Balaban J connectivity index is 1.17. The number of rotatable bonds is 7. The van der Waals surface area contributed by atoms with Crippen molar-refractivity contribution in [2.75, 3.05) is 24.3 Å². The summed E-state index contributed by atoms with van der Waals surface area (Å²) in [6.45, 7) is 0. The smallest absolute Gasteiger partial charge is 0.251 e. The zero-order valence-corrected chi connectivity index (χ0v) is 20.8. The van der Waals surface area contributed by atoms with Crippen molar-refractivity contribution in [3.8, 4) is 11.5 Å². The van der Waals surface area contributed by atoms with Gasteiger partial charge in [0.25, 0.3) is 5.91 Å². The summed E-state index contributed by atoms with van der Waals surface area (Å²) in [7, 11) is 4.12. The molecule has 0 saturated heterocycles. The van der Waals surface area contributed by atoms with E-state index in [1.165, 1.54) is 0 Å². The molecule has 6 heteroatoms. The highest BCUT2D eigenvalue weighted by Crippen LogP contribution is 2.29. The quantitative estimate of drug-likeness (QED) is 0.327. The Kier molecular flexibility index (Phi) is 7.03. The first-order valence-electron chi connectivity index (χ1n) is 12.5. The third-order valence-corrected chi connectivity index (χ3v) is 6.67. The molecule has 1 saturated carbocycles. The summed E-state index contributed by atoms with van der Waals surface area (Å²) in [6, 6.07) is 27.8. The average molecular weight is 481 g/mol. The lowest BCUT2D eigenvalue weighted by Crippen LogP contribution is -2.40. The van der Waals surface area contributed by atoms with Crippen molar-refractivity contribution in [1.82, 2.24) is 10.3 Å². The highest BCUT2D eigenvalue weighted by molar-refractivity contribution is 5.95. The number of ether oxygens (including phenoxy) is 1. The van der Waals surface area contributed by atoms with Crippen molar-refractivity contribution >= 4 is 28.3 Å². The molecule has 1 aliphatic carbocycles. The molecule has 0 bridgehead atoms. The number of anilines is 2. The van der Waals surface area contributed by atoms with Gasteiger partial charge < -0.3 is 20.3 Å². The molecular formula is C30H32N4O2. The largest absolute Gasteiger partial charge is 0.457 e. The Labute approximate surface area is 212 Å². The van der Waals surface area contributed by atoms with Gasteiger partial charge in [0, 0.05) is 48.9 Å². The van der Waals surface area contributed by atoms with Gasteiger partial charge in [-0.3, -0.25) is 4.79 Å². The van der Waals surface area contributed by atoms with Gasteiger partial charge in [-0.2, -0.15) is 0 Å². The van der Waals surface area contributed by atoms with Crippen LogP contribution in [0.4, 0.5) is 11.5 Å². The number of fused-ring (bicyclic) bond motifs is 1. The molecule has 3 aromatic carbocycles. The number of nitrogens with one attached hydrogen (secondary N) is 2. The summed E-state index contributed by atoms with van der Waals surface area (Å²) in [5.41, 5.74) is 2.76.